The summed E-state index contributed by atoms with van der Waals surface area (Å²) in [6.07, 6.45) is 0.414. The summed E-state index contributed by atoms with van der Waals surface area (Å²) in [5.74, 6) is 1.41. The van der Waals surface area contributed by atoms with E-state index in [0.717, 1.165) is 23.3 Å². The molecule has 2 nitrogen and oxygen atoms in total. The van der Waals surface area contributed by atoms with Crippen molar-refractivity contribution in [1.29, 1.82) is 0 Å². The Morgan fingerprint density at radius 2 is 1.67 bits per heavy atom. The van der Waals surface area contributed by atoms with E-state index in [1.54, 1.807) is 0 Å². The van der Waals surface area contributed by atoms with E-state index < -0.39 is 6.10 Å². The van der Waals surface area contributed by atoms with E-state index in [9.17, 15) is 5.11 Å². The van der Waals surface area contributed by atoms with Crippen molar-refractivity contribution in [1.82, 2.24) is 0 Å². The van der Waals surface area contributed by atoms with Crippen LogP contribution in [0.25, 0.3) is 0 Å². The van der Waals surface area contributed by atoms with Crippen LogP contribution in [0.15, 0.2) is 48.5 Å². The molecule has 1 atom stereocenters. The van der Waals surface area contributed by atoms with Crippen molar-refractivity contribution in [3.05, 3.63) is 65.2 Å². The Balaban J connectivity index is 2.22. The summed E-state index contributed by atoms with van der Waals surface area (Å²) in [4.78, 5) is 0. The fourth-order valence-electron chi connectivity index (χ4n) is 2.50. The van der Waals surface area contributed by atoms with E-state index in [4.69, 9.17) is 4.74 Å². The second-order valence-electron chi connectivity index (χ2n) is 5.75. The van der Waals surface area contributed by atoms with E-state index >= 15 is 0 Å². The Hall–Kier alpha value is -1.80. The highest BCUT2D eigenvalue weighted by molar-refractivity contribution is 5.36. The molecule has 0 fully saturated rings. The molecule has 0 bridgehead atoms. The number of aliphatic hydroxyl groups excluding tert-OH is 1. The molecule has 2 heteroatoms. The number of hydrogen-bond donors (Lipinski definition) is 1. The lowest BCUT2D eigenvalue weighted by atomic mass is 9.96. The van der Waals surface area contributed by atoms with Gasteiger partial charge in [0.25, 0.3) is 0 Å². The maximum Gasteiger partial charge on any atom is 0.119 e. The number of rotatable bonds is 6. The molecule has 2 aromatic carbocycles. The average Bonchev–Trinajstić information content (AvgIpc) is 2.47. The first kappa shape index (κ1) is 15.6. The molecule has 0 spiro atoms. The highest BCUT2D eigenvalue weighted by Crippen LogP contribution is 2.26. The summed E-state index contributed by atoms with van der Waals surface area (Å²) < 4.78 is 5.50. The average molecular weight is 284 g/mol. The van der Waals surface area contributed by atoms with E-state index in [-0.39, 0.29) is 0 Å². The van der Waals surface area contributed by atoms with Gasteiger partial charge in [0, 0.05) is 0 Å². The van der Waals surface area contributed by atoms with Crippen molar-refractivity contribution in [3.8, 4) is 5.75 Å². The molecule has 2 rings (SSSR count). The lowest BCUT2D eigenvalue weighted by Crippen LogP contribution is -2.02. The van der Waals surface area contributed by atoms with Crippen molar-refractivity contribution in [2.24, 2.45) is 5.92 Å². The molecule has 0 aliphatic carbocycles. The molecule has 2 aromatic rings. The Bertz CT molecular complexity index is 575. The molecule has 0 aliphatic heterocycles. The van der Waals surface area contributed by atoms with Crippen LogP contribution in [-0.4, -0.2) is 11.7 Å². The highest BCUT2D eigenvalue weighted by atomic mass is 16.5. The number of benzene rings is 2. The first-order valence-corrected chi connectivity index (χ1v) is 7.59. The monoisotopic (exact) mass is 284 g/mol. The Labute approximate surface area is 127 Å². The minimum absolute atomic E-state index is 0.610. The molecule has 112 valence electrons. The standard InChI is InChI=1S/C19H24O2/c1-4-21-18-10-6-9-17(13-18)19(20)16-8-5-7-15(12-16)11-14(2)3/h5-10,12-14,19-20H,4,11H2,1-3H3. The summed E-state index contributed by atoms with van der Waals surface area (Å²) in [6.45, 7) is 6.99. The highest BCUT2D eigenvalue weighted by Gasteiger charge is 2.12. The van der Waals surface area contributed by atoms with Gasteiger partial charge in [0.1, 0.15) is 11.9 Å². The van der Waals surface area contributed by atoms with Crippen molar-refractivity contribution >= 4 is 0 Å². The molecule has 0 saturated carbocycles. The smallest absolute Gasteiger partial charge is 0.119 e. The second-order valence-corrected chi connectivity index (χ2v) is 5.75. The van der Waals surface area contributed by atoms with E-state index in [2.05, 4.69) is 26.0 Å². The van der Waals surface area contributed by atoms with Crippen molar-refractivity contribution in [3.63, 3.8) is 0 Å². The maximum absolute atomic E-state index is 10.6. The van der Waals surface area contributed by atoms with Gasteiger partial charge < -0.3 is 9.84 Å². The van der Waals surface area contributed by atoms with Crippen LogP contribution >= 0.6 is 0 Å². The third kappa shape index (κ3) is 4.33. The largest absolute Gasteiger partial charge is 0.494 e. The normalized spacial score (nSPS) is 12.4. The van der Waals surface area contributed by atoms with E-state index in [1.165, 1.54) is 5.56 Å². The fourth-order valence-corrected chi connectivity index (χ4v) is 2.50. The topological polar surface area (TPSA) is 29.5 Å². The zero-order valence-corrected chi connectivity index (χ0v) is 13.0. The molecule has 1 N–H and O–H groups in total. The minimum Gasteiger partial charge on any atom is -0.494 e. The van der Waals surface area contributed by atoms with Crippen LogP contribution in [0.1, 0.15) is 43.6 Å². The summed E-state index contributed by atoms with van der Waals surface area (Å²) in [6, 6.07) is 15.9. The second kappa shape index (κ2) is 7.28. The third-order valence-corrected chi connectivity index (χ3v) is 3.40. The molecule has 21 heavy (non-hydrogen) atoms. The molecular formula is C19H24O2. The predicted molar refractivity (Wildman–Crippen MR) is 86.7 cm³/mol. The Morgan fingerprint density at radius 1 is 1.00 bits per heavy atom. The van der Waals surface area contributed by atoms with Gasteiger partial charge in [-0.3, -0.25) is 0 Å². The van der Waals surface area contributed by atoms with Gasteiger partial charge in [0.05, 0.1) is 6.61 Å². The van der Waals surface area contributed by atoms with Crippen LogP contribution in [-0.2, 0) is 6.42 Å². The van der Waals surface area contributed by atoms with Crippen LogP contribution in [0.4, 0.5) is 0 Å². The van der Waals surface area contributed by atoms with Crippen LogP contribution in [0.2, 0.25) is 0 Å². The van der Waals surface area contributed by atoms with Gasteiger partial charge in [-0.1, -0.05) is 50.2 Å². The van der Waals surface area contributed by atoms with Gasteiger partial charge in [-0.05, 0) is 48.1 Å². The first-order chi connectivity index (χ1) is 10.1. The fraction of sp³-hybridized carbons (Fsp3) is 0.368. The third-order valence-electron chi connectivity index (χ3n) is 3.40. The number of hydrogen-bond acceptors (Lipinski definition) is 2. The number of aliphatic hydroxyl groups is 1. The summed E-state index contributed by atoms with van der Waals surface area (Å²) in [5.41, 5.74) is 3.06. The van der Waals surface area contributed by atoms with E-state index in [1.807, 2.05) is 43.3 Å². The van der Waals surface area contributed by atoms with Crippen molar-refractivity contribution in [2.45, 2.75) is 33.3 Å². The zero-order chi connectivity index (χ0) is 15.2. The molecule has 0 radical (unpaired) electrons. The Kier molecular flexibility index (Phi) is 5.40. The summed E-state index contributed by atoms with van der Waals surface area (Å²) in [7, 11) is 0. The minimum atomic E-state index is -0.613. The Morgan fingerprint density at radius 3 is 2.33 bits per heavy atom. The van der Waals surface area contributed by atoms with Gasteiger partial charge in [-0.2, -0.15) is 0 Å². The molecular weight excluding hydrogens is 260 g/mol. The molecule has 0 heterocycles. The van der Waals surface area contributed by atoms with Crippen molar-refractivity contribution in [2.75, 3.05) is 6.61 Å². The van der Waals surface area contributed by atoms with Gasteiger partial charge >= 0.3 is 0 Å². The van der Waals surface area contributed by atoms with Crippen molar-refractivity contribution < 1.29 is 9.84 Å². The van der Waals surface area contributed by atoms with Gasteiger partial charge in [-0.25, -0.2) is 0 Å². The van der Waals surface area contributed by atoms with E-state index in [0.29, 0.717) is 12.5 Å². The summed E-state index contributed by atoms with van der Waals surface area (Å²) in [5, 5.41) is 10.6. The van der Waals surface area contributed by atoms with Gasteiger partial charge in [-0.15, -0.1) is 0 Å². The quantitative estimate of drug-likeness (QED) is 0.853. The van der Waals surface area contributed by atoms with Crippen LogP contribution in [0.5, 0.6) is 5.75 Å². The predicted octanol–water partition coefficient (Wildman–Crippen LogP) is 4.37. The van der Waals surface area contributed by atoms with Crippen LogP contribution < -0.4 is 4.74 Å². The maximum atomic E-state index is 10.6. The zero-order valence-electron chi connectivity index (χ0n) is 13.0. The first-order valence-electron chi connectivity index (χ1n) is 7.59. The molecule has 0 aliphatic rings. The van der Waals surface area contributed by atoms with Crippen LogP contribution in [0.3, 0.4) is 0 Å². The van der Waals surface area contributed by atoms with Gasteiger partial charge in [0.15, 0.2) is 0 Å². The van der Waals surface area contributed by atoms with Gasteiger partial charge in [0.2, 0.25) is 0 Å². The SMILES string of the molecule is CCOc1cccc(C(O)c2cccc(CC(C)C)c2)c1. The molecule has 0 saturated heterocycles. The molecule has 0 aromatic heterocycles. The lowest BCUT2D eigenvalue weighted by Gasteiger charge is -2.15. The molecule has 0 amide bonds. The lowest BCUT2D eigenvalue weighted by molar-refractivity contribution is 0.219. The molecule has 1 unspecified atom stereocenters. The van der Waals surface area contributed by atoms with Crippen LogP contribution in [0, 0.1) is 5.92 Å². The summed E-state index contributed by atoms with van der Waals surface area (Å²) >= 11 is 0. The number of ether oxygens (including phenoxy) is 1.